The number of amides is 1. The standard InChI is InChI=1S/C13H13N3O3/c17-12(15-10-4-5-10)7-18-11-3-1-2-9(6-11)13-16-14-8-19-13/h1-3,6,8,10H,4-5,7H2,(H,15,17). The summed E-state index contributed by atoms with van der Waals surface area (Å²) < 4.78 is 10.5. The first-order valence-electron chi connectivity index (χ1n) is 6.10. The van der Waals surface area contributed by atoms with Gasteiger partial charge in [-0.3, -0.25) is 4.79 Å². The minimum Gasteiger partial charge on any atom is -0.484 e. The van der Waals surface area contributed by atoms with Gasteiger partial charge in [-0.1, -0.05) is 6.07 Å². The molecule has 0 aliphatic heterocycles. The van der Waals surface area contributed by atoms with Gasteiger partial charge in [0.15, 0.2) is 6.61 Å². The fraction of sp³-hybridized carbons (Fsp3) is 0.308. The molecule has 2 aromatic rings. The molecular weight excluding hydrogens is 246 g/mol. The Morgan fingerprint density at radius 3 is 3.11 bits per heavy atom. The highest BCUT2D eigenvalue weighted by atomic mass is 16.5. The smallest absolute Gasteiger partial charge is 0.258 e. The van der Waals surface area contributed by atoms with Crippen LogP contribution in [-0.4, -0.2) is 28.8 Å². The van der Waals surface area contributed by atoms with Crippen LogP contribution in [0.3, 0.4) is 0 Å². The van der Waals surface area contributed by atoms with Crippen LogP contribution in [0, 0.1) is 0 Å². The first kappa shape index (κ1) is 11.7. The number of ether oxygens (including phenoxy) is 1. The highest BCUT2D eigenvalue weighted by Gasteiger charge is 2.23. The molecule has 0 unspecified atom stereocenters. The molecule has 6 heteroatoms. The zero-order valence-electron chi connectivity index (χ0n) is 10.2. The van der Waals surface area contributed by atoms with Crippen molar-refractivity contribution < 1.29 is 13.9 Å². The summed E-state index contributed by atoms with van der Waals surface area (Å²) in [5.74, 6) is 0.931. The van der Waals surface area contributed by atoms with E-state index in [9.17, 15) is 4.79 Å². The summed E-state index contributed by atoms with van der Waals surface area (Å²) >= 11 is 0. The predicted molar refractivity (Wildman–Crippen MR) is 66.4 cm³/mol. The first-order valence-corrected chi connectivity index (χ1v) is 6.10. The zero-order valence-corrected chi connectivity index (χ0v) is 10.2. The Balaban J connectivity index is 1.61. The molecule has 1 aromatic heterocycles. The highest BCUT2D eigenvalue weighted by molar-refractivity contribution is 5.78. The van der Waals surface area contributed by atoms with Gasteiger partial charge in [0.2, 0.25) is 12.3 Å². The number of carbonyl (C=O) groups excluding carboxylic acids is 1. The van der Waals surface area contributed by atoms with Crippen LogP contribution in [0.2, 0.25) is 0 Å². The quantitative estimate of drug-likeness (QED) is 0.878. The van der Waals surface area contributed by atoms with Crippen molar-refractivity contribution in [2.75, 3.05) is 6.61 Å². The summed E-state index contributed by atoms with van der Waals surface area (Å²) in [6.07, 6.45) is 3.41. The fourth-order valence-electron chi connectivity index (χ4n) is 1.66. The summed E-state index contributed by atoms with van der Waals surface area (Å²) in [6.45, 7) is 0.0176. The van der Waals surface area contributed by atoms with Crippen molar-refractivity contribution >= 4 is 5.91 Å². The maximum atomic E-state index is 11.5. The van der Waals surface area contributed by atoms with E-state index >= 15 is 0 Å². The molecule has 1 saturated carbocycles. The lowest BCUT2D eigenvalue weighted by Crippen LogP contribution is -2.30. The molecular formula is C13H13N3O3. The normalized spacial score (nSPS) is 14.1. The average Bonchev–Trinajstić information content (AvgIpc) is 3.07. The third-order valence-electron chi connectivity index (χ3n) is 2.75. The molecule has 0 radical (unpaired) electrons. The Bertz CT molecular complexity index is 564. The summed E-state index contributed by atoms with van der Waals surface area (Å²) in [6, 6.07) is 7.54. The van der Waals surface area contributed by atoms with Crippen molar-refractivity contribution in [3.8, 4) is 17.2 Å². The van der Waals surface area contributed by atoms with Crippen LogP contribution in [0.15, 0.2) is 35.1 Å². The minimum absolute atomic E-state index is 0.0176. The monoisotopic (exact) mass is 259 g/mol. The number of aromatic nitrogens is 2. The molecule has 1 aromatic carbocycles. The first-order chi connectivity index (χ1) is 9.31. The van der Waals surface area contributed by atoms with Crippen LogP contribution in [0.4, 0.5) is 0 Å². The van der Waals surface area contributed by atoms with E-state index in [1.807, 2.05) is 12.1 Å². The number of hydrogen-bond donors (Lipinski definition) is 1. The molecule has 0 bridgehead atoms. The Morgan fingerprint density at radius 1 is 1.47 bits per heavy atom. The summed E-state index contributed by atoms with van der Waals surface area (Å²) in [4.78, 5) is 11.5. The second-order valence-electron chi connectivity index (χ2n) is 4.40. The average molecular weight is 259 g/mol. The Morgan fingerprint density at radius 2 is 2.37 bits per heavy atom. The van der Waals surface area contributed by atoms with Crippen molar-refractivity contribution in [3.63, 3.8) is 0 Å². The van der Waals surface area contributed by atoms with Crippen molar-refractivity contribution in [2.24, 2.45) is 0 Å². The second-order valence-corrected chi connectivity index (χ2v) is 4.40. The molecule has 98 valence electrons. The van der Waals surface area contributed by atoms with E-state index < -0.39 is 0 Å². The largest absolute Gasteiger partial charge is 0.484 e. The van der Waals surface area contributed by atoms with E-state index in [-0.39, 0.29) is 12.5 Å². The molecule has 1 aliphatic rings. The number of hydrogen-bond acceptors (Lipinski definition) is 5. The van der Waals surface area contributed by atoms with Gasteiger partial charge in [-0.25, -0.2) is 0 Å². The molecule has 0 saturated heterocycles. The molecule has 1 fully saturated rings. The second kappa shape index (κ2) is 5.09. The van der Waals surface area contributed by atoms with E-state index in [1.165, 1.54) is 6.39 Å². The topological polar surface area (TPSA) is 77.2 Å². The van der Waals surface area contributed by atoms with Gasteiger partial charge < -0.3 is 14.5 Å². The van der Waals surface area contributed by atoms with Gasteiger partial charge in [0, 0.05) is 11.6 Å². The number of nitrogens with one attached hydrogen (secondary N) is 1. The van der Waals surface area contributed by atoms with Gasteiger partial charge in [0.25, 0.3) is 5.91 Å². The van der Waals surface area contributed by atoms with Gasteiger partial charge in [-0.15, -0.1) is 10.2 Å². The van der Waals surface area contributed by atoms with E-state index in [2.05, 4.69) is 15.5 Å². The molecule has 1 amide bonds. The third-order valence-corrected chi connectivity index (χ3v) is 2.75. The van der Waals surface area contributed by atoms with E-state index in [4.69, 9.17) is 9.15 Å². The molecule has 19 heavy (non-hydrogen) atoms. The lowest BCUT2D eigenvalue weighted by molar-refractivity contribution is -0.123. The molecule has 1 N–H and O–H groups in total. The van der Waals surface area contributed by atoms with Crippen molar-refractivity contribution in [2.45, 2.75) is 18.9 Å². The predicted octanol–water partition coefficient (Wildman–Crippen LogP) is 1.39. The van der Waals surface area contributed by atoms with Gasteiger partial charge in [-0.2, -0.15) is 0 Å². The maximum Gasteiger partial charge on any atom is 0.258 e. The van der Waals surface area contributed by atoms with Crippen LogP contribution < -0.4 is 10.1 Å². The molecule has 6 nitrogen and oxygen atoms in total. The highest BCUT2D eigenvalue weighted by Crippen LogP contribution is 2.22. The van der Waals surface area contributed by atoms with Crippen LogP contribution in [-0.2, 0) is 4.79 Å². The maximum absolute atomic E-state index is 11.5. The number of rotatable bonds is 5. The third kappa shape index (κ3) is 3.09. The minimum atomic E-state index is -0.0920. The van der Waals surface area contributed by atoms with Crippen LogP contribution in [0.25, 0.3) is 11.5 Å². The van der Waals surface area contributed by atoms with E-state index in [1.54, 1.807) is 12.1 Å². The lowest BCUT2D eigenvalue weighted by Gasteiger charge is -2.07. The number of benzene rings is 1. The Hall–Kier alpha value is -2.37. The Labute approximate surface area is 109 Å². The summed E-state index contributed by atoms with van der Waals surface area (Å²) in [5, 5.41) is 10.3. The SMILES string of the molecule is O=C(COc1cccc(-c2nnco2)c1)NC1CC1. The Kier molecular flexibility index (Phi) is 3.14. The van der Waals surface area contributed by atoms with Gasteiger partial charge in [0.05, 0.1) is 0 Å². The van der Waals surface area contributed by atoms with Crippen molar-refractivity contribution in [3.05, 3.63) is 30.7 Å². The number of nitrogens with zero attached hydrogens (tertiary/aromatic N) is 2. The van der Waals surface area contributed by atoms with Crippen molar-refractivity contribution in [1.82, 2.24) is 15.5 Å². The molecule has 0 spiro atoms. The number of carbonyl (C=O) groups is 1. The van der Waals surface area contributed by atoms with Crippen LogP contribution in [0.1, 0.15) is 12.8 Å². The van der Waals surface area contributed by atoms with Gasteiger partial charge >= 0.3 is 0 Å². The van der Waals surface area contributed by atoms with Crippen molar-refractivity contribution in [1.29, 1.82) is 0 Å². The lowest BCUT2D eigenvalue weighted by atomic mass is 10.2. The van der Waals surface area contributed by atoms with Crippen LogP contribution in [0.5, 0.6) is 5.75 Å². The summed E-state index contributed by atoms with van der Waals surface area (Å²) in [7, 11) is 0. The van der Waals surface area contributed by atoms with Gasteiger partial charge in [-0.05, 0) is 31.0 Å². The van der Waals surface area contributed by atoms with Crippen LogP contribution >= 0.6 is 0 Å². The molecule has 0 atom stereocenters. The zero-order chi connectivity index (χ0) is 13.1. The van der Waals surface area contributed by atoms with Gasteiger partial charge in [0.1, 0.15) is 5.75 Å². The van der Waals surface area contributed by atoms with E-state index in [0.717, 1.165) is 18.4 Å². The molecule has 1 heterocycles. The van der Waals surface area contributed by atoms with E-state index in [0.29, 0.717) is 17.7 Å². The fourth-order valence-corrected chi connectivity index (χ4v) is 1.66. The molecule has 1 aliphatic carbocycles. The molecule has 3 rings (SSSR count). The summed E-state index contributed by atoms with van der Waals surface area (Å²) in [5.41, 5.74) is 0.762.